The van der Waals surface area contributed by atoms with Gasteiger partial charge < -0.3 is 14.5 Å². The van der Waals surface area contributed by atoms with Crippen LogP contribution in [-0.4, -0.2) is 36.2 Å². The minimum absolute atomic E-state index is 0.0274. The molecule has 28 heavy (non-hydrogen) atoms. The van der Waals surface area contributed by atoms with Crippen molar-refractivity contribution in [3.8, 4) is 0 Å². The average molecular weight is 395 g/mol. The molecule has 1 atom stereocenters. The van der Waals surface area contributed by atoms with Gasteiger partial charge in [0, 0.05) is 21.9 Å². The molecule has 3 saturated heterocycles. The van der Waals surface area contributed by atoms with Crippen molar-refractivity contribution in [2.75, 3.05) is 24.5 Å². The first kappa shape index (κ1) is 18.5. The molecule has 0 N–H and O–H groups in total. The molecule has 3 fully saturated rings. The topological polar surface area (TPSA) is 15.7 Å². The molecule has 4 aliphatic rings. The molecule has 4 heterocycles. The fraction of sp³-hybridized carbons (Fsp3) is 0.500. The lowest BCUT2D eigenvalue weighted by molar-refractivity contribution is -0.0766. The number of anilines is 2. The zero-order valence-corrected chi connectivity index (χ0v) is 18.0. The van der Waals surface area contributed by atoms with Crippen molar-refractivity contribution in [2.24, 2.45) is 5.92 Å². The third kappa shape index (κ3) is 3.36. The van der Waals surface area contributed by atoms with Crippen LogP contribution in [0.3, 0.4) is 0 Å². The highest BCUT2D eigenvalue weighted by atomic mass is 32.2. The zero-order valence-electron chi connectivity index (χ0n) is 17.1. The summed E-state index contributed by atoms with van der Waals surface area (Å²) in [6.45, 7) is 11.2. The molecule has 3 nitrogen and oxygen atoms in total. The van der Waals surface area contributed by atoms with E-state index < -0.39 is 0 Å². The first-order valence-corrected chi connectivity index (χ1v) is 11.3. The quantitative estimate of drug-likeness (QED) is 0.663. The third-order valence-electron chi connectivity index (χ3n) is 6.32. The summed E-state index contributed by atoms with van der Waals surface area (Å²) in [6, 6.07) is 15.6. The van der Waals surface area contributed by atoms with E-state index in [9.17, 15) is 0 Å². The number of nitrogens with zero attached hydrogens (tertiary/aromatic N) is 2. The summed E-state index contributed by atoms with van der Waals surface area (Å²) in [5, 5.41) is 0. The minimum atomic E-state index is 0.0274. The number of rotatable bonds is 3. The van der Waals surface area contributed by atoms with Crippen LogP contribution in [-0.2, 0) is 11.3 Å². The van der Waals surface area contributed by atoms with Crippen LogP contribution in [0, 0.1) is 5.92 Å². The van der Waals surface area contributed by atoms with Crippen LogP contribution in [0.4, 0.5) is 11.4 Å². The highest BCUT2D eigenvalue weighted by Gasteiger charge is 2.35. The molecular formula is C24H30N2OS. The maximum Gasteiger partial charge on any atom is 0.0735 e. The van der Waals surface area contributed by atoms with Gasteiger partial charge in [-0.15, -0.1) is 0 Å². The molecule has 0 amide bonds. The predicted molar refractivity (Wildman–Crippen MR) is 117 cm³/mol. The maximum absolute atomic E-state index is 6.39. The smallest absolute Gasteiger partial charge is 0.0735 e. The van der Waals surface area contributed by atoms with Gasteiger partial charge in [-0.3, -0.25) is 0 Å². The second-order valence-corrected chi connectivity index (χ2v) is 10.4. The Bertz CT molecular complexity index is 867. The Morgan fingerprint density at radius 1 is 1.00 bits per heavy atom. The Morgan fingerprint density at radius 2 is 1.75 bits per heavy atom. The Labute approximate surface area is 173 Å². The van der Waals surface area contributed by atoms with E-state index in [-0.39, 0.29) is 5.54 Å². The van der Waals surface area contributed by atoms with E-state index in [1.807, 2.05) is 11.8 Å². The molecule has 4 aliphatic heterocycles. The molecule has 2 aromatic carbocycles. The van der Waals surface area contributed by atoms with Gasteiger partial charge in [0.2, 0.25) is 0 Å². The van der Waals surface area contributed by atoms with Gasteiger partial charge in [-0.1, -0.05) is 30.0 Å². The van der Waals surface area contributed by atoms with E-state index >= 15 is 0 Å². The number of fused-ring (bicyclic) bond motifs is 5. The zero-order chi connectivity index (χ0) is 19.3. The van der Waals surface area contributed by atoms with Gasteiger partial charge in [0.05, 0.1) is 24.1 Å². The van der Waals surface area contributed by atoms with Crippen molar-refractivity contribution < 1.29 is 4.74 Å². The lowest BCUT2D eigenvalue weighted by atomic mass is 9.86. The van der Waals surface area contributed by atoms with Crippen molar-refractivity contribution >= 4 is 23.1 Å². The van der Waals surface area contributed by atoms with Crippen molar-refractivity contribution in [1.29, 1.82) is 0 Å². The van der Waals surface area contributed by atoms with Crippen LogP contribution >= 0.6 is 11.8 Å². The van der Waals surface area contributed by atoms with E-state index in [1.54, 1.807) is 0 Å². The van der Waals surface area contributed by atoms with Gasteiger partial charge in [-0.05, 0) is 82.4 Å². The van der Waals surface area contributed by atoms with E-state index in [4.69, 9.17) is 4.74 Å². The summed E-state index contributed by atoms with van der Waals surface area (Å²) in [7, 11) is 0. The van der Waals surface area contributed by atoms with Crippen molar-refractivity contribution in [2.45, 2.75) is 61.7 Å². The summed E-state index contributed by atoms with van der Waals surface area (Å²) in [5.74, 6) is 0.764. The molecule has 2 aromatic rings. The molecule has 6 rings (SSSR count). The van der Waals surface area contributed by atoms with Gasteiger partial charge in [-0.2, -0.15) is 0 Å². The van der Waals surface area contributed by atoms with E-state index in [1.165, 1.54) is 52.7 Å². The Hall–Kier alpha value is -1.49. The van der Waals surface area contributed by atoms with Crippen LogP contribution in [0.1, 0.15) is 39.2 Å². The summed E-state index contributed by atoms with van der Waals surface area (Å²) >= 11 is 1.88. The van der Waals surface area contributed by atoms with Crippen LogP contribution < -0.4 is 4.90 Å². The first-order chi connectivity index (χ1) is 13.5. The Kier molecular flexibility index (Phi) is 4.69. The minimum Gasteiger partial charge on any atom is -0.372 e. The van der Waals surface area contributed by atoms with Crippen molar-refractivity contribution in [3.63, 3.8) is 0 Å². The van der Waals surface area contributed by atoms with Crippen LogP contribution in [0.15, 0.2) is 52.3 Å². The number of piperidine rings is 3. The summed E-state index contributed by atoms with van der Waals surface area (Å²) < 4.78 is 6.39. The molecular weight excluding hydrogens is 364 g/mol. The fourth-order valence-corrected chi connectivity index (χ4v) is 6.04. The SMILES string of the molecule is CC(C)(C)N1c2ccccc2Sc2cc(COC3CN4CCC3CC4)ccc21. The monoisotopic (exact) mass is 394 g/mol. The maximum atomic E-state index is 6.39. The molecule has 0 aromatic heterocycles. The molecule has 0 aliphatic carbocycles. The number of benzene rings is 2. The van der Waals surface area contributed by atoms with Gasteiger partial charge in [0.25, 0.3) is 0 Å². The van der Waals surface area contributed by atoms with E-state index in [0.717, 1.165) is 19.1 Å². The van der Waals surface area contributed by atoms with E-state index in [0.29, 0.717) is 6.10 Å². The lowest BCUT2D eigenvalue weighted by Crippen LogP contribution is -2.51. The standard InChI is InChI=1S/C24H30N2OS/c1-24(2,3)26-19-6-4-5-7-22(19)28-23-14-17(8-9-20(23)26)16-27-21-15-25-12-10-18(21)11-13-25/h4-9,14,18,21H,10-13,15-16H2,1-3H3. The summed E-state index contributed by atoms with van der Waals surface area (Å²) in [5.41, 5.74) is 3.93. The number of hydrogen-bond acceptors (Lipinski definition) is 4. The lowest BCUT2D eigenvalue weighted by Gasteiger charge is -2.44. The van der Waals surface area contributed by atoms with Crippen LogP contribution in [0.2, 0.25) is 0 Å². The van der Waals surface area contributed by atoms with Gasteiger partial charge >= 0.3 is 0 Å². The molecule has 0 radical (unpaired) electrons. The van der Waals surface area contributed by atoms with Crippen LogP contribution in [0.5, 0.6) is 0 Å². The van der Waals surface area contributed by atoms with Crippen molar-refractivity contribution in [3.05, 3.63) is 48.0 Å². The molecule has 4 heteroatoms. The Balaban J connectivity index is 1.38. The fourth-order valence-electron chi connectivity index (χ4n) is 4.92. The highest BCUT2D eigenvalue weighted by Crippen LogP contribution is 2.51. The van der Waals surface area contributed by atoms with Gasteiger partial charge in [0.1, 0.15) is 0 Å². The van der Waals surface area contributed by atoms with Crippen LogP contribution in [0.25, 0.3) is 0 Å². The molecule has 0 saturated carbocycles. The van der Waals surface area contributed by atoms with Gasteiger partial charge in [-0.25, -0.2) is 0 Å². The second kappa shape index (κ2) is 7.08. The average Bonchev–Trinajstić information content (AvgIpc) is 2.70. The highest BCUT2D eigenvalue weighted by molar-refractivity contribution is 7.99. The Morgan fingerprint density at radius 3 is 2.46 bits per heavy atom. The second-order valence-electron chi connectivity index (χ2n) is 9.37. The number of hydrogen-bond donors (Lipinski definition) is 0. The first-order valence-electron chi connectivity index (χ1n) is 10.5. The number of para-hydroxylation sites is 1. The number of ether oxygens (including phenoxy) is 1. The molecule has 0 spiro atoms. The van der Waals surface area contributed by atoms with Gasteiger partial charge in [0.15, 0.2) is 0 Å². The summed E-state index contributed by atoms with van der Waals surface area (Å²) in [4.78, 5) is 7.71. The predicted octanol–water partition coefficient (Wildman–Crippen LogP) is 5.70. The third-order valence-corrected chi connectivity index (χ3v) is 7.43. The van der Waals surface area contributed by atoms with Crippen molar-refractivity contribution in [1.82, 2.24) is 4.90 Å². The van der Waals surface area contributed by atoms with E-state index in [2.05, 4.69) is 73.0 Å². The summed E-state index contributed by atoms with van der Waals surface area (Å²) in [6.07, 6.45) is 3.03. The molecule has 2 bridgehead atoms. The molecule has 148 valence electrons. The normalized spacial score (nSPS) is 26.1. The molecule has 1 unspecified atom stereocenters. The largest absolute Gasteiger partial charge is 0.372 e.